The third-order valence-corrected chi connectivity index (χ3v) is 9.48. The lowest BCUT2D eigenvalue weighted by Gasteiger charge is -2.34. The van der Waals surface area contributed by atoms with Crippen LogP contribution in [-0.4, -0.2) is 58.5 Å². The van der Waals surface area contributed by atoms with Crippen LogP contribution in [0.15, 0.2) is 108 Å². The van der Waals surface area contributed by atoms with Gasteiger partial charge in [0.2, 0.25) is 11.8 Å². The molecule has 4 rings (SSSR count). The number of nitrogens with one attached hydrogen (secondary N) is 1. The van der Waals surface area contributed by atoms with Crippen LogP contribution in [0.1, 0.15) is 30.5 Å². The Kier molecular flexibility index (Phi) is 12.0. The van der Waals surface area contributed by atoms with Gasteiger partial charge in [-0.2, -0.15) is 0 Å². The van der Waals surface area contributed by atoms with Crippen molar-refractivity contribution >= 4 is 27.5 Å². The molecule has 0 spiro atoms. The lowest BCUT2D eigenvalue weighted by Crippen LogP contribution is -2.53. The molecule has 0 aliphatic carbocycles. The number of hydrogen-bond donors (Lipinski definition) is 1. The summed E-state index contributed by atoms with van der Waals surface area (Å²) in [5.74, 6) is 0.456. The molecule has 9 nitrogen and oxygen atoms in total. The number of methoxy groups -OCH3 is 2. The lowest BCUT2D eigenvalue weighted by atomic mass is 10.0. The number of carbonyl (C=O) groups is 2. The molecule has 1 N–H and O–H groups in total. The van der Waals surface area contributed by atoms with Crippen molar-refractivity contribution in [2.45, 2.75) is 44.7 Å². The van der Waals surface area contributed by atoms with Crippen LogP contribution in [0.25, 0.3) is 0 Å². The molecule has 0 saturated heterocycles. The molecule has 4 aromatic rings. The molecule has 4 aromatic carbocycles. The topological polar surface area (TPSA) is 105 Å². The van der Waals surface area contributed by atoms with Gasteiger partial charge in [-0.25, -0.2) is 8.42 Å². The summed E-state index contributed by atoms with van der Waals surface area (Å²) in [6, 6.07) is 28.7. The molecule has 2 amide bonds. The van der Waals surface area contributed by atoms with Crippen LogP contribution in [0, 0.1) is 12.8 Å². The number of ether oxygens (including phenoxy) is 2. The van der Waals surface area contributed by atoms with Gasteiger partial charge in [-0.05, 0) is 72.5 Å². The van der Waals surface area contributed by atoms with E-state index >= 15 is 0 Å². The van der Waals surface area contributed by atoms with Crippen molar-refractivity contribution in [2.75, 3.05) is 31.6 Å². The van der Waals surface area contributed by atoms with Crippen LogP contribution >= 0.6 is 0 Å². The van der Waals surface area contributed by atoms with Gasteiger partial charge in [0.25, 0.3) is 10.0 Å². The normalized spacial score (nSPS) is 11.9. The predicted molar refractivity (Wildman–Crippen MR) is 184 cm³/mol. The lowest BCUT2D eigenvalue weighted by molar-refractivity contribution is -0.140. The minimum Gasteiger partial charge on any atom is -0.497 e. The molecule has 0 unspecified atom stereocenters. The Hall–Kier alpha value is -4.83. The van der Waals surface area contributed by atoms with E-state index in [0.29, 0.717) is 18.0 Å². The summed E-state index contributed by atoms with van der Waals surface area (Å²) in [5.41, 5.74) is 2.77. The van der Waals surface area contributed by atoms with Crippen LogP contribution in [0.4, 0.5) is 5.69 Å². The van der Waals surface area contributed by atoms with Crippen molar-refractivity contribution in [2.24, 2.45) is 5.92 Å². The Morgan fingerprint density at radius 1 is 0.787 bits per heavy atom. The summed E-state index contributed by atoms with van der Waals surface area (Å²) >= 11 is 0. The quantitative estimate of drug-likeness (QED) is 0.178. The highest BCUT2D eigenvalue weighted by atomic mass is 32.2. The Labute approximate surface area is 278 Å². The van der Waals surface area contributed by atoms with Crippen molar-refractivity contribution in [3.8, 4) is 11.5 Å². The highest BCUT2D eigenvalue weighted by Gasteiger charge is 2.34. The molecule has 47 heavy (non-hydrogen) atoms. The van der Waals surface area contributed by atoms with E-state index in [1.165, 1.54) is 24.1 Å². The van der Waals surface area contributed by atoms with Gasteiger partial charge in [0.1, 0.15) is 24.1 Å². The van der Waals surface area contributed by atoms with Gasteiger partial charge in [-0.1, -0.05) is 74.0 Å². The highest BCUT2D eigenvalue weighted by Crippen LogP contribution is 2.27. The van der Waals surface area contributed by atoms with E-state index in [0.717, 1.165) is 21.0 Å². The summed E-state index contributed by atoms with van der Waals surface area (Å²) in [4.78, 5) is 30.0. The maximum Gasteiger partial charge on any atom is 0.264 e. The van der Waals surface area contributed by atoms with E-state index in [1.807, 2.05) is 63.2 Å². The first kappa shape index (κ1) is 35.0. The van der Waals surface area contributed by atoms with Crippen LogP contribution in [0.2, 0.25) is 0 Å². The average molecular weight is 658 g/mol. The number of sulfonamides is 1. The number of anilines is 1. The van der Waals surface area contributed by atoms with E-state index in [4.69, 9.17) is 9.47 Å². The molecule has 248 valence electrons. The van der Waals surface area contributed by atoms with Crippen molar-refractivity contribution in [3.05, 3.63) is 120 Å². The van der Waals surface area contributed by atoms with E-state index in [9.17, 15) is 18.0 Å². The average Bonchev–Trinajstić information content (AvgIpc) is 3.08. The van der Waals surface area contributed by atoms with Gasteiger partial charge < -0.3 is 19.7 Å². The fourth-order valence-corrected chi connectivity index (χ4v) is 6.47. The highest BCUT2D eigenvalue weighted by molar-refractivity contribution is 7.92. The van der Waals surface area contributed by atoms with Gasteiger partial charge in [-0.3, -0.25) is 13.9 Å². The SMILES string of the molecule is COc1ccc(N(CC(=O)N(Cc2cccc(OC)c2)[C@H](Cc2ccccc2)C(=O)NCC(C)C)S(=O)(=O)c2ccc(C)cc2)cc1. The molecule has 0 aromatic heterocycles. The molecule has 0 saturated carbocycles. The maximum atomic E-state index is 14.6. The fourth-order valence-electron chi connectivity index (χ4n) is 5.06. The number of aryl methyl sites for hydroxylation is 1. The summed E-state index contributed by atoms with van der Waals surface area (Å²) < 4.78 is 40.2. The molecular weight excluding hydrogens is 614 g/mol. The maximum absolute atomic E-state index is 14.6. The molecule has 0 radical (unpaired) electrons. The van der Waals surface area contributed by atoms with Crippen molar-refractivity contribution in [1.29, 1.82) is 0 Å². The van der Waals surface area contributed by atoms with Crippen LogP contribution in [0.5, 0.6) is 11.5 Å². The Morgan fingerprint density at radius 3 is 2.04 bits per heavy atom. The third kappa shape index (κ3) is 9.36. The molecular formula is C37H43N3O6S. The number of carbonyl (C=O) groups excluding carboxylic acids is 2. The number of amides is 2. The summed E-state index contributed by atoms with van der Waals surface area (Å²) in [6.45, 7) is 5.78. The smallest absolute Gasteiger partial charge is 0.264 e. The van der Waals surface area contributed by atoms with Crippen molar-refractivity contribution < 1.29 is 27.5 Å². The second-order valence-electron chi connectivity index (χ2n) is 11.7. The van der Waals surface area contributed by atoms with Crippen LogP contribution in [0.3, 0.4) is 0 Å². The van der Waals surface area contributed by atoms with Crippen LogP contribution in [-0.2, 0) is 32.6 Å². The minimum atomic E-state index is -4.20. The van der Waals surface area contributed by atoms with E-state index < -0.39 is 28.5 Å². The predicted octanol–water partition coefficient (Wildman–Crippen LogP) is 5.62. The van der Waals surface area contributed by atoms with Gasteiger partial charge >= 0.3 is 0 Å². The van der Waals surface area contributed by atoms with Crippen molar-refractivity contribution in [1.82, 2.24) is 10.2 Å². The van der Waals surface area contributed by atoms with E-state index in [-0.39, 0.29) is 35.4 Å². The van der Waals surface area contributed by atoms with Crippen LogP contribution < -0.4 is 19.1 Å². The molecule has 0 aliphatic heterocycles. The fraction of sp³-hybridized carbons (Fsp3) is 0.297. The molecule has 1 atom stereocenters. The Bertz CT molecular complexity index is 1730. The summed E-state index contributed by atoms with van der Waals surface area (Å²) in [5, 5.41) is 3.00. The van der Waals surface area contributed by atoms with Gasteiger partial charge in [0.05, 0.1) is 24.8 Å². The third-order valence-electron chi connectivity index (χ3n) is 7.69. The number of rotatable bonds is 15. The zero-order valence-corrected chi connectivity index (χ0v) is 28.4. The van der Waals surface area contributed by atoms with Crippen molar-refractivity contribution in [3.63, 3.8) is 0 Å². The molecule has 0 aliphatic rings. The first-order valence-corrected chi connectivity index (χ1v) is 16.9. The number of nitrogens with zero attached hydrogens (tertiary/aromatic N) is 2. The monoisotopic (exact) mass is 657 g/mol. The first-order chi connectivity index (χ1) is 22.5. The first-order valence-electron chi connectivity index (χ1n) is 15.5. The summed E-state index contributed by atoms with van der Waals surface area (Å²) in [7, 11) is -1.13. The van der Waals surface area contributed by atoms with Gasteiger partial charge in [-0.15, -0.1) is 0 Å². The molecule has 0 heterocycles. The molecule has 0 bridgehead atoms. The zero-order chi connectivity index (χ0) is 34.0. The number of hydrogen-bond acceptors (Lipinski definition) is 6. The minimum absolute atomic E-state index is 0.0431. The Balaban J connectivity index is 1.81. The summed E-state index contributed by atoms with van der Waals surface area (Å²) in [6.07, 6.45) is 0.230. The standard InChI is InChI=1S/C37H43N3O6S/c1-27(2)24-38-37(42)35(23-29-10-7-6-8-11-29)39(25-30-12-9-13-33(22-30)46-5)36(41)26-40(31-16-18-32(45-4)19-17-31)47(43,44)34-20-14-28(3)15-21-34/h6-22,27,35H,23-26H2,1-5H3,(H,38,42)/t35-/m1/s1. The van der Waals surface area contributed by atoms with E-state index in [1.54, 1.807) is 55.6 Å². The second-order valence-corrected chi connectivity index (χ2v) is 13.6. The van der Waals surface area contributed by atoms with Gasteiger partial charge in [0.15, 0.2) is 0 Å². The zero-order valence-electron chi connectivity index (χ0n) is 27.6. The molecule has 0 fully saturated rings. The second kappa shape index (κ2) is 16.1. The largest absolute Gasteiger partial charge is 0.497 e. The van der Waals surface area contributed by atoms with Gasteiger partial charge in [0, 0.05) is 19.5 Å². The van der Waals surface area contributed by atoms with E-state index in [2.05, 4.69) is 5.32 Å². The molecule has 10 heteroatoms. The Morgan fingerprint density at radius 2 is 1.43 bits per heavy atom. The number of benzene rings is 4.